The molecule has 0 fully saturated rings. The highest BCUT2D eigenvalue weighted by Gasteiger charge is 2.07. The van der Waals surface area contributed by atoms with E-state index in [1.807, 2.05) is 49.4 Å². The predicted octanol–water partition coefficient (Wildman–Crippen LogP) is 2.98. The Morgan fingerprint density at radius 1 is 1.19 bits per heavy atom. The molecule has 0 aliphatic rings. The van der Waals surface area contributed by atoms with Gasteiger partial charge in [-0.05, 0) is 31.2 Å². The molecule has 0 atom stereocenters. The van der Waals surface area contributed by atoms with Gasteiger partial charge in [0, 0.05) is 17.5 Å². The van der Waals surface area contributed by atoms with Crippen LogP contribution < -0.4 is 5.32 Å². The zero-order valence-electron chi connectivity index (χ0n) is 11.9. The second-order valence-electron chi connectivity index (χ2n) is 4.64. The number of aryl methyl sites for hydroxylation is 1. The number of amides is 1. The lowest BCUT2D eigenvalue weighted by Crippen LogP contribution is -2.12. The highest BCUT2D eigenvalue weighted by molar-refractivity contribution is 6.05. The van der Waals surface area contributed by atoms with E-state index >= 15 is 0 Å². The smallest absolute Gasteiger partial charge is 0.255 e. The molecule has 0 saturated carbocycles. The van der Waals surface area contributed by atoms with E-state index < -0.39 is 0 Å². The molecule has 0 aromatic heterocycles. The maximum Gasteiger partial charge on any atom is 0.255 e. The lowest BCUT2D eigenvalue weighted by molar-refractivity contribution is 0.102. The number of aliphatic hydroxyl groups is 1. The molecule has 3 nitrogen and oxygen atoms in total. The number of carbonyl (C=O) groups excluding carboxylic acids is 1. The molecule has 0 saturated heterocycles. The van der Waals surface area contributed by atoms with Crippen molar-refractivity contribution in [3.05, 3.63) is 65.2 Å². The van der Waals surface area contributed by atoms with Gasteiger partial charge in [0.15, 0.2) is 0 Å². The molecule has 2 N–H and O–H groups in total. The third-order valence-corrected chi connectivity index (χ3v) is 2.92. The van der Waals surface area contributed by atoms with E-state index in [1.54, 1.807) is 6.07 Å². The average Bonchev–Trinajstić information content (AvgIpc) is 2.49. The molecule has 0 aliphatic carbocycles. The number of anilines is 1. The summed E-state index contributed by atoms with van der Waals surface area (Å²) in [5, 5.41) is 11.6. The van der Waals surface area contributed by atoms with Crippen molar-refractivity contribution in [2.75, 3.05) is 11.9 Å². The van der Waals surface area contributed by atoms with Crippen molar-refractivity contribution in [3.63, 3.8) is 0 Å². The zero-order valence-corrected chi connectivity index (χ0v) is 11.9. The molecule has 0 aliphatic heterocycles. The van der Waals surface area contributed by atoms with Crippen molar-refractivity contribution in [1.82, 2.24) is 0 Å². The summed E-state index contributed by atoms with van der Waals surface area (Å²) >= 11 is 0. The summed E-state index contributed by atoms with van der Waals surface area (Å²) in [4.78, 5) is 12.2. The molecular weight excluding hydrogens is 262 g/mol. The van der Waals surface area contributed by atoms with Crippen LogP contribution in [0, 0.1) is 18.8 Å². The van der Waals surface area contributed by atoms with Crippen molar-refractivity contribution >= 4 is 11.6 Å². The van der Waals surface area contributed by atoms with Gasteiger partial charge in [0.2, 0.25) is 0 Å². The fraction of sp³-hybridized carbons (Fsp3) is 0.167. The second-order valence-corrected chi connectivity index (χ2v) is 4.64. The number of rotatable bonds is 3. The fourth-order valence-electron chi connectivity index (χ4n) is 1.90. The Morgan fingerprint density at radius 2 is 2.00 bits per heavy atom. The number of aliphatic hydroxyl groups excluding tert-OH is 1. The van der Waals surface area contributed by atoms with Crippen LogP contribution in [0.5, 0.6) is 0 Å². The van der Waals surface area contributed by atoms with Gasteiger partial charge in [-0.3, -0.25) is 4.79 Å². The Morgan fingerprint density at radius 3 is 2.76 bits per heavy atom. The maximum atomic E-state index is 12.2. The minimum atomic E-state index is -0.157. The second kappa shape index (κ2) is 7.28. The number of hydrogen-bond acceptors (Lipinski definition) is 2. The largest absolute Gasteiger partial charge is 0.395 e. The normalized spacial score (nSPS) is 9.62. The van der Waals surface area contributed by atoms with Crippen molar-refractivity contribution < 1.29 is 9.90 Å². The van der Waals surface area contributed by atoms with Crippen molar-refractivity contribution in [2.45, 2.75) is 13.3 Å². The van der Waals surface area contributed by atoms with Crippen LogP contribution in [0.2, 0.25) is 0 Å². The Balaban J connectivity index is 2.20. The summed E-state index contributed by atoms with van der Waals surface area (Å²) in [5.74, 6) is 5.66. The Hall–Kier alpha value is -2.57. The molecule has 3 heteroatoms. The van der Waals surface area contributed by atoms with E-state index in [2.05, 4.69) is 17.2 Å². The highest BCUT2D eigenvalue weighted by atomic mass is 16.2. The first-order chi connectivity index (χ1) is 10.2. The van der Waals surface area contributed by atoms with Gasteiger partial charge in [0.05, 0.1) is 12.3 Å². The number of para-hydroxylation sites is 1. The predicted molar refractivity (Wildman–Crippen MR) is 84.2 cm³/mol. The van der Waals surface area contributed by atoms with Crippen LogP contribution >= 0.6 is 0 Å². The van der Waals surface area contributed by atoms with Gasteiger partial charge in [-0.2, -0.15) is 0 Å². The first-order valence-corrected chi connectivity index (χ1v) is 6.77. The Kier molecular flexibility index (Phi) is 5.14. The lowest BCUT2D eigenvalue weighted by atomic mass is 10.1. The van der Waals surface area contributed by atoms with E-state index in [9.17, 15) is 4.79 Å². The Labute approximate surface area is 124 Å². The minimum Gasteiger partial charge on any atom is -0.395 e. The molecule has 21 heavy (non-hydrogen) atoms. The van der Waals surface area contributed by atoms with Crippen LogP contribution in [0.1, 0.15) is 27.9 Å². The number of carbonyl (C=O) groups is 1. The first kappa shape index (κ1) is 14.8. The van der Waals surface area contributed by atoms with Gasteiger partial charge < -0.3 is 10.4 Å². The number of hydrogen-bond donors (Lipinski definition) is 2. The molecule has 0 bridgehead atoms. The van der Waals surface area contributed by atoms with E-state index in [0.29, 0.717) is 17.7 Å². The molecule has 0 unspecified atom stereocenters. The summed E-state index contributed by atoms with van der Waals surface area (Å²) in [7, 11) is 0. The highest BCUT2D eigenvalue weighted by Crippen LogP contribution is 2.15. The number of benzene rings is 2. The molecule has 0 radical (unpaired) electrons. The van der Waals surface area contributed by atoms with Gasteiger partial charge in [-0.25, -0.2) is 0 Å². The van der Waals surface area contributed by atoms with Crippen LogP contribution in [-0.4, -0.2) is 17.6 Å². The maximum absolute atomic E-state index is 12.2. The first-order valence-electron chi connectivity index (χ1n) is 6.77. The third-order valence-electron chi connectivity index (χ3n) is 2.92. The van der Waals surface area contributed by atoms with Crippen LogP contribution in [0.25, 0.3) is 0 Å². The van der Waals surface area contributed by atoms with E-state index in [0.717, 1.165) is 11.1 Å². The van der Waals surface area contributed by atoms with Crippen LogP contribution in [0.4, 0.5) is 5.69 Å². The summed E-state index contributed by atoms with van der Waals surface area (Å²) in [6.07, 6.45) is 0.417. The third kappa shape index (κ3) is 4.20. The van der Waals surface area contributed by atoms with Crippen molar-refractivity contribution in [2.24, 2.45) is 0 Å². The minimum absolute atomic E-state index is 0.0326. The zero-order chi connectivity index (χ0) is 15.1. The summed E-state index contributed by atoms with van der Waals surface area (Å²) < 4.78 is 0. The SMILES string of the molecule is Cc1cccc(C(=O)Nc2ccccc2C#CCCO)c1. The summed E-state index contributed by atoms with van der Waals surface area (Å²) in [5.41, 5.74) is 3.08. The molecule has 1 amide bonds. The molecule has 106 valence electrons. The molecule has 2 aromatic rings. The van der Waals surface area contributed by atoms with E-state index in [1.165, 1.54) is 0 Å². The van der Waals surface area contributed by atoms with Gasteiger partial charge in [-0.15, -0.1) is 0 Å². The van der Waals surface area contributed by atoms with Crippen LogP contribution in [0.15, 0.2) is 48.5 Å². The molecule has 0 heterocycles. The van der Waals surface area contributed by atoms with Gasteiger partial charge in [0.25, 0.3) is 5.91 Å². The van der Waals surface area contributed by atoms with E-state index in [4.69, 9.17) is 5.11 Å². The van der Waals surface area contributed by atoms with Gasteiger partial charge in [-0.1, -0.05) is 41.7 Å². The molecule has 2 rings (SSSR count). The van der Waals surface area contributed by atoms with Crippen LogP contribution in [-0.2, 0) is 0 Å². The monoisotopic (exact) mass is 279 g/mol. The van der Waals surface area contributed by atoms with Gasteiger partial charge in [0.1, 0.15) is 0 Å². The molecular formula is C18H17NO2. The molecule has 2 aromatic carbocycles. The quantitative estimate of drug-likeness (QED) is 0.849. The van der Waals surface area contributed by atoms with Crippen LogP contribution in [0.3, 0.4) is 0 Å². The van der Waals surface area contributed by atoms with Gasteiger partial charge >= 0.3 is 0 Å². The van der Waals surface area contributed by atoms with Crippen molar-refractivity contribution in [3.8, 4) is 11.8 Å². The average molecular weight is 279 g/mol. The number of nitrogens with one attached hydrogen (secondary N) is 1. The lowest BCUT2D eigenvalue weighted by Gasteiger charge is -2.08. The standard InChI is InChI=1S/C18H17NO2/c1-14-7-6-10-16(13-14)18(21)19-17-11-3-2-8-15(17)9-4-5-12-20/h2-3,6-8,10-11,13,20H,5,12H2,1H3,(H,19,21). The fourth-order valence-corrected chi connectivity index (χ4v) is 1.90. The molecule has 0 spiro atoms. The summed E-state index contributed by atoms with van der Waals surface area (Å²) in [6.45, 7) is 1.98. The Bertz CT molecular complexity index is 696. The summed E-state index contributed by atoms with van der Waals surface area (Å²) in [6, 6.07) is 14.8. The van der Waals surface area contributed by atoms with Crippen molar-refractivity contribution in [1.29, 1.82) is 0 Å². The van der Waals surface area contributed by atoms with E-state index in [-0.39, 0.29) is 12.5 Å². The topological polar surface area (TPSA) is 49.3 Å².